The van der Waals surface area contributed by atoms with E-state index >= 15 is 0 Å². The Morgan fingerprint density at radius 3 is 2.26 bits per heavy atom. The molecule has 1 aromatic heterocycles. The average Bonchev–Trinajstić information content (AvgIpc) is 2.93. The van der Waals surface area contributed by atoms with Crippen molar-refractivity contribution in [3.05, 3.63) is 52.8 Å². The van der Waals surface area contributed by atoms with Crippen LogP contribution in [0.25, 0.3) is 11.0 Å². The van der Waals surface area contributed by atoms with Gasteiger partial charge in [-0.25, -0.2) is 4.98 Å². The van der Waals surface area contributed by atoms with E-state index < -0.39 is 11.8 Å². The lowest BCUT2D eigenvalue weighted by atomic mass is 10.2. The minimum absolute atomic E-state index is 0.340. The van der Waals surface area contributed by atoms with Crippen LogP contribution in [0.5, 0.6) is 0 Å². The van der Waals surface area contributed by atoms with Gasteiger partial charge in [0.05, 0.1) is 17.4 Å². The van der Waals surface area contributed by atoms with Crippen LogP contribution in [0.1, 0.15) is 0 Å². The van der Waals surface area contributed by atoms with Crippen molar-refractivity contribution in [3.8, 4) is 0 Å². The lowest BCUT2D eigenvalue weighted by molar-refractivity contribution is -0.132. The lowest BCUT2D eigenvalue weighted by Crippen LogP contribution is -2.29. The number of benzene rings is 2. The highest BCUT2D eigenvalue weighted by atomic mass is 35.5. The highest BCUT2D eigenvalue weighted by molar-refractivity contribution is 6.44. The zero-order valence-corrected chi connectivity index (χ0v) is 13.1. The summed E-state index contributed by atoms with van der Waals surface area (Å²) in [4.78, 5) is 30.9. The van der Waals surface area contributed by atoms with E-state index in [1.165, 1.54) is 18.2 Å². The van der Waals surface area contributed by atoms with Crippen LogP contribution in [0.3, 0.4) is 0 Å². The third kappa shape index (κ3) is 3.61. The summed E-state index contributed by atoms with van der Waals surface area (Å²) in [5.41, 5.74) is 2.34. The average molecular weight is 349 g/mol. The van der Waals surface area contributed by atoms with Crippen LogP contribution >= 0.6 is 23.2 Å². The van der Waals surface area contributed by atoms with Crippen LogP contribution in [0.2, 0.25) is 10.0 Å². The Morgan fingerprint density at radius 1 is 0.913 bits per heavy atom. The van der Waals surface area contributed by atoms with Crippen LogP contribution < -0.4 is 10.6 Å². The molecule has 116 valence electrons. The van der Waals surface area contributed by atoms with Crippen molar-refractivity contribution in [3.63, 3.8) is 0 Å². The molecule has 0 aliphatic rings. The van der Waals surface area contributed by atoms with Gasteiger partial charge in [0.25, 0.3) is 0 Å². The summed E-state index contributed by atoms with van der Waals surface area (Å²) in [6.07, 6.45) is 1.55. The normalized spacial score (nSPS) is 10.5. The van der Waals surface area contributed by atoms with Crippen LogP contribution in [0, 0.1) is 0 Å². The number of hydrogen-bond donors (Lipinski definition) is 3. The first-order valence-electron chi connectivity index (χ1n) is 6.53. The molecule has 8 heteroatoms. The lowest BCUT2D eigenvalue weighted by Gasteiger charge is -2.07. The second kappa shape index (κ2) is 6.28. The molecule has 0 radical (unpaired) electrons. The van der Waals surface area contributed by atoms with Crippen LogP contribution in [-0.2, 0) is 9.59 Å². The quantitative estimate of drug-likeness (QED) is 0.620. The Bertz CT molecular complexity index is 887. The minimum Gasteiger partial charge on any atom is -0.345 e. The van der Waals surface area contributed by atoms with Gasteiger partial charge in [0.2, 0.25) is 0 Å². The van der Waals surface area contributed by atoms with E-state index in [4.69, 9.17) is 23.2 Å². The minimum atomic E-state index is -0.826. The van der Waals surface area contributed by atoms with Crippen molar-refractivity contribution in [2.75, 3.05) is 10.6 Å². The smallest absolute Gasteiger partial charge is 0.314 e. The summed E-state index contributed by atoms with van der Waals surface area (Å²) in [6.45, 7) is 0. The number of rotatable bonds is 2. The first kappa shape index (κ1) is 15.3. The Kier molecular flexibility index (Phi) is 4.18. The summed E-state index contributed by atoms with van der Waals surface area (Å²) >= 11 is 11.7. The van der Waals surface area contributed by atoms with Gasteiger partial charge in [0.1, 0.15) is 0 Å². The fourth-order valence-electron chi connectivity index (χ4n) is 2.02. The molecule has 0 saturated heterocycles. The number of nitrogens with one attached hydrogen (secondary N) is 3. The van der Waals surface area contributed by atoms with E-state index in [9.17, 15) is 9.59 Å². The number of amides is 2. The molecular weight excluding hydrogens is 339 g/mol. The number of carbonyl (C=O) groups excluding carboxylic acids is 2. The second-order valence-corrected chi connectivity index (χ2v) is 5.57. The summed E-state index contributed by atoms with van der Waals surface area (Å²) < 4.78 is 0. The zero-order valence-electron chi connectivity index (χ0n) is 11.6. The summed E-state index contributed by atoms with van der Waals surface area (Å²) in [6, 6.07) is 9.59. The van der Waals surface area contributed by atoms with Crippen molar-refractivity contribution in [2.45, 2.75) is 0 Å². The molecule has 0 aliphatic carbocycles. The molecule has 3 aromatic rings. The Balaban J connectivity index is 1.70. The zero-order chi connectivity index (χ0) is 16.4. The molecule has 0 spiro atoms. The molecule has 2 aromatic carbocycles. The molecule has 3 rings (SSSR count). The molecule has 0 saturated carbocycles. The van der Waals surface area contributed by atoms with Gasteiger partial charge in [-0.15, -0.1) is 0 Å². The van der Waals surface area contributed by atoms with Crippen molar-refractivity contribution in [1.82, 2.24) is 9.97 Å². The maximum absolute atomic E-state index is 11.9. The Hall–Kier alpha value is -2.57. The highest BCUT2D eigenvalue weighted by Crippen LogP contribution is 2.22. The van der Waals surface area contributed by atoms with E-state index in [1.807, 2.05) is 0 Å². The number of fused-ring (bicyclic) bond motifs is 1. The first-order chi connectivity index (χ1) is 11.0. The highest BCUT2D eigenvalue weighted by Gasteiger charge is 2.15. The van der Waals surface area contributed by atoms with Gasteiger partial charge < -0.3 is 15.6 Å². The molecule has 0 aliphatic heterocycles. The Morgan fingerprint density at radius 2 is 1.57 bits per heavy atom. The molecule has 23 heavy (non-hydrogen) atoms. The molecule has 0 atom stereocenters. The Labute approximate surface area is 140 Å². The second-order valence-electron chi connectivity index (χ2n) is 4.70. The molecule has 6 nitrogen and oxygen atoms in total. The molecule has 2 amide bonds. The van der Waals surface area contributed by atoms with Gasteiger partial charge in [-0.05, 0) is 36.4 Å². The number of hydrogen-bond acceptors (Lipinski definition) is 3. The standard InChI is InChI=1S/C15H10Cl2N4O2/c16-8-3-9(17)5-11(4-8)21-15(23)14(22)20-10-1-2-12-13(6-10)19-7-18-12/h1-7H,(H,18,19)(H,20,22)(H,21,23). The van der Waals surface area contributed by atoms with Gasteiger partial charge in [-0.3, -0.25) is 9.59 Å². The van der Waals surface area contributed by atoms with Crippen molar-refractivity contribution >= 4 is 57.4 Å². The maximum atomic E-state index is 11.9. The van der Waals surface area contributed by atoms with Gasteiger partial charge in [0, 0.05) is 21.4 Å². The van der Waals surface area contributed by atoms with E-state index in [0.717, 1.165) is 11.0 Å². The molecule has 0 fully saturated rings. The molecule has 0 unspecified atom stereocenters. The fraction of sp³-hybridized carbons (Fsp3) is 0. The number of halogens is 2. The van der Waals surface area contributed by atoms with E-state index in [0.29, 0.717) is 21.4 Å². The van der Waals surface area contributed by atoms with Gasteiger partial charge in [-0.1, -0.05) is 23.2 Å². The number of H-pyrrole nitrogens is 1. The largest absolute Gasteiger partial charge is 0.345 e. The van der Waals surface area contributed by atoms with Gasteiger partial charge in [0.15, 0.2) is 0 Å². The molecule has 0 bridgehead atoms. The number of nitrogens with zero attached hydrogens (tertiary/aromatic N) is 1. The first-order valence-corrected chi connectivity index (χ1v) is 7.28. The SMILES string of the molecule is O=C(Nc1cc(Cl)cc(Cl)c1)C(=O)Nc1ccc2nc[nH]c2c1. The summed E-state index contributed by atoms with van der Waals surface area (Å²) in [5.74, 6) is -1.63. The third-order valence-electron chi connectivity index (χ3n) is 3.00. The van der Waals surface area contributed by atoms with Gasteiger partial charge >= 0.3 is 11.8 Å². The number of anilines is 2. The maximum Gasteiger partial charge on any atom is 0.314 e. The van der Waals surface area contributed by atoms with Gasteiger partial charge in [-0.2, -0.15) is 0 Å². The number of aromatic amines is 1. The number of imidazole rings is 1. The molecular formula is C15H10Cl2N4O2. The predicted octanol–water partition coefficient (Wildman–Crippen LogP) is 3.45. The van der Waals surface area contributed by atoms with E-state index in [1.54, 1.807) is 24.5 Å². The van der Waals surface area contributed by atoms with Crippen molar-refractivity contribution in [2.24, 2.45) is 0 Å². The number of carbonyl (C=O) groups is 2. The molecule has 1 heterocycles. The topological polar surface area (TPSA) is 86.9 Å². The van der Waals surface area contributed by atoms with E-state index in [2.05, 4.69) is 20.6 Å². The van der Waals surface area contributed by atoms with Crippen molar-refractivity contribution in [1.29, 1.82) is 0 Å². The van der Waals surface area contributed by atoms with E-state index in [-0.39, 0.29) is 0 Å². The third-order valence-corrected chi connectivity index (χ3v) is 3.44. The summed E-state index contributed by atoms with van der Waals surface area (Å²) in [7, 11) is 0. The number of aromatic nitrogens is 2. The summed E-state index contributed by atoms with van der Waals surface area (Å²) in [5, 5.41) is 5.66. The van der Waals surface area contributed by atoms with Crippen LogP contribution in [0.15, 0.2) is 42.7 Å². The fourth-order valence-corrected chi connectivity index (χ4v) is 2.54. The van der Waals surface area contributed by atoms with Crippen LogP contribution in [-0.4, -0.2) is 21.8 Å². The van der Waals surface area contributed by atoms with Crippen LogP contribution in [0.4, 0.5) is 11.4 Å². The van der Waals surface area contributed by atoms with Crippen molar-refractivity contribution < 1.29 is 9.59 Å². The monoisotopic (exact) mass is 348 g/mol. The molecule has 3 N–H and O–H groups in total. The predicted molar refractivity (Wildman–Crippen MR) is 89.8 cm³/mol.